The Kier molecular flexibility index (Phi) is 4.60. The number of phenolic OH excluding ortho intramolecular Hbond substituents is 1. The Morgan fingerprint density at radius 3 is 1.78 bits per heavy atom. The zero-order valence-corrected chi connectivity index (χ0v) is 12.6. The van der Waals surface area contributed by atoms with Gasteiger partial charge in [-0.15, -0.1) is 0 Å². The van der Waals surface area contributed by atoms with Crippen molar-refractivity contribution in [1.82, 2.24) is 0 Å². The molecule has 0 heterocycles. The molecule has 23 heavy (non-hydrogen) atoms. The molecule has 0 fully saturated rings. The number of benzene rings is 3. The lowest BCUT2D eigenvalue weighted by Gasteiger charge is -2.26. The van der Waals surface area contributed by atoms with Gasteiger partial charge in [-0.25, -0.2) is 0 Å². The van der Waals surface area contributed by atoms with Gasteiger partial charge in [0.2, 0.25) is 0 Å². The standard InChI is InChI=1S/C20H19NO2/c22-18-14-8-7-13-17(18)21-19(15-9-3-1-4-10-15)20(23)16-11-5-2-6-12-16/h1-14,19-23H/t19-,20+/m0/s1. The van der Waals surface area contributed by atoms with Crippen molar-refractivity contribution in [2.75, 3.05) is 5.32 Å². The Labute approximate surface area is 135 Å². The molecule has 116 valence electrons. The smallest absolute Gasteiger partial charge is 0.138 e. The summed E-state index contributed by atoms with van der Waals surface area (Å²) in [6, 6.07) is 25.9. The van der Waals surface area contributed by atoms with Gasteiger partial charge in [0, 0.05) is 0 Å². The summed E-state index contributed by atoms with van der Waals surface area (Å²) in [5, 5.41) is 24.1. The molecule has 2 atom stereocenters. The molecule has 0 bridgehead atoms. The number of hydrogen-bond donors (Lipinski definition) is 3. The fraction of sp³-hybridized carbons (Fsp3) is 0.100. The highest BCUT2D eigenvalue weighted by Gasteiger charge is 2.23. The van der Waals surface area contributed by atoms with Crippen molar-refractivity contribution >= 4 is 5.69 Å². The number of nitrogens with one attached hydrogen (secondary N) is 1. The molecule has 0 radical (unpaired) electrons. The van der Waals surface area contributed by atoms with Gasteiger partial charge in [-0.2, -0.15) is 0 Å². The lowest BCUT2D eigenvalue weighted by molar-refractivity contribution is 0.155. The van der Waals surface area contributed by atoms with Gasteiger partial charge in [-0.05, 0) is 23.3 Å². The highest BCUT2D eigenvalue weighted by atomic mass is 16.3. The summed E-state index contributed by atoms with van der Waals surface area (Å²) in [5.74, 6) is 0.161. The molecule has 0 unspecified atom stereocenters. The summed E-state index contributed by atoms with van der Waals surface area (Å²) in [6.07, 6.45) is -0.738. The minimum Gasteiger partial charge on any atom is -0.506 e. The molecule has 3 nitrogen and oxygen atoms in total. The number of aromatic hydroxyl groups is 1. The molecule has 0 saturated heterocycles. The third-order valence-corrected chi connectivity index (χ3v) is 3.83. The molecule has 0 aliphatic carbocycles. The second-order valence-corrected chi connectivity index (χ2v) is 5.41. The van der Waals surface area contributed by atoms with E-state index in [1.165, 1.54) is 0 Å². The first-order valence-electron chi connectivity index (χ1n) is 7.58. The molecule has 3 N–H and O–H groups in total. The fourth-order valence-electron chi connectivity index (χ4n) is 2.61. The van der Waals surface area contributed by atoms with Gasteiger partial charge in [0.15, 0.2) is 0 Å². The van der Waals surface area contributed by atoms with E-state index in [4.69, 9.17) is 0 Å². The molecule has 0 spiro atoms. The van der Waals surface area contributed by atoms with Gasteiger partial charge in [0.1, 0.15) is 11.9 Å². The number of para-hydroxylation sites is 2. The number of phenols is 1. The van der Waals surface area contributed by atoms with E-state index in [1.807, 2.05) is 66.7 Å². The maximum Gasteiger partial charge on any atom is 0.138 e. The SMILES string of the molecule is Oc1ccccc1N[C@@H](c1ccccc1)[C@H](O)c1ccccc1. The molecular weight excluding hydrogens is 286 g/mol. The molecule has 3 aromatic carbocycles. The molecule has 0 aliphatic heterocycles. The zero-order valence-electron chi connectivity index (χ0n) is 12.6. The van der Waals surface area contributed by atoms with Crippen molar-refractivity contribution in [2.45, 2.75) is 12.1 Å². The molecule has 3 heteroatoms. The van der Waals surface area contributed by atoms with Crippen LogP contribution in [0.2, 0.25) is 0 Å². The maximum atomic E-state index is 10.8. The predicted octanol–water partition coefficient (Wildman–Crippen LogP) is 4.28. The van der Waals surface area contributed by atoms with E-state index < -0.39 is 6.10 Å². The first-order valence-corrected chi connectivity index (χ1v) is 7.58. The normalized spacial score (nSPS) is 13.3. The molecule has 0 amide bonds. The monoisotopic (exact) mass is 305 g/mol. The lowest BCUT2D eigenvalue weighted by Crippen LogP contribution is -2.19. The Balaban J connectivity index is 1.96. The van der Waals surface area contributed by atoms with E-state index in [2.05, 4.69) is 5.32 Å². The molecule has 0 aromatic heterocycles. The van der Waals surface area contributed by atoms with Gasteiger partial charge in [0.25, 0.3) is 0 Å². The van der Waals surface area contributed by atoms with Crippen LogP contribution in [-0.2, 0) is 0 Å². The summed E-state index contributed by atoms with van der Waals surface area (Å²) < 4.78 is 0. The Morgan fingerprint density at radius 1 is 0.652 bits per heavy atom. The van der Waals surface area contributed by atoms with Gasteiger partial charge in [-0.3, -0.25) is 0 Å². The summed E-state index contributed by atoms with van der Waals surface area (Å²) in [7, 11) is 0. The number of aliphatic hydroxyl groups excluding tert-OH is 1. The Hall–Kier alpha value is -2.78. The molecule has 0 aliphatic rings. The first-order chi connectivity index (χ1) is 11.3. The van der Waals surface area contributed by atoms with Crippen LogP contribution in [0.4, 0.5) is 5.69 Å². The summed E-state index contributed by atoms with van der Waals surface area (Å²) in [5.41, 5.74) is 2.37. The summed E-state index contributed by atoms with van der Waals surface area (Å²) in [6.45, 7) is 0. The van der Waals surface area contributed by atoms with Crippen LogP contribution in [0.3, 0.4) is 0 Å². The van der Waals surface area contributed by atoms with Crippen LogP contribution < -0.4 is 5.32 Å². The van der Waals surface area contributed by atoms with Gasteiger partial charge in [-0.1, -0.05) is 72.8 Å². The van der Waals surface area contributed by atoms with Crippen LogP contribution in [-0.4, -0.2) is 10.2 Å². The van der Waals surface area contributed by atoms with Crippen LogP contribution in [0, 0.1) is 0 Å². The zero-order chi connectivity index (χ0) is 16.1. The largest absolute Gasteiger partial charge is 0.506 e. The number of rotatable bonds is 5. The maximum absolute atomic E-state index is 10.8. The predicted molar refractivity (Wildman–Crippen MR) is 92.3 cm³/mol. The van der Waals surface area contributed by atoms with E-state index in [1.54, 1.807) is 18.2 Å². The van der Waals surface area contributed by atoms with Gasteiger partial charge < -0.3 is 15.5 Å². The first kappa shape index (κ1) is 15.1. The summed E-state index contributed by atoms with van der Waals surface area (Å²) in [4.78, 5) is 0. The van der Waals surface area contributed by atoms with Gasteiger partial charge in [0.05, 0.1) is 11.7 Å². The highest BCUT2D eigenvalue weighted by Crippen LogP contribution is 2.34. The Bertz CT molecular complexity index is 744. The molecular formula is C20H19NO2. The van der Waals surface area contributed by atoms with Crippen LogP contribution in [0.1, 0.15) is 23.3 Å². The number of hydrogen-bond acceptors (Lipinski definition) is 3. The fourth-order valence-corrected chi connectivity index (χ4v) is 2.61. The van der Waals surface area contributed by atoms with Gasteiger partial charge >= 0.3 is 0 Å². The van der Waals surface area contributed by atoms with Crippen molar-refractivity contribution < 1.29 is 10.2 Å². The molecule has 3 rings (SSSR count). The third kappa shape index (κ3) is 3.52. The van der Waals surface area contributed by atoms with E-state index in [0.717, 1.165) is 11.1 Å². The van der Waals surface area contributed by atoms with Crippen LogP contribution in [0.5, 0.6) is 5.75 Å². The lowest BCUT2D eigenvalue weighted by atomic mass is 9.95. The van der Waals surface area contributed by atoms with Crippen LogP contribution in [0.15, 0.2) is 84.9 Å². The average molecular weight is 305 g/mol. The van der Waals surface area contributed by atoms with Crippen molar-refractivity contribution in [3.05, 3.63) is 96.1 Å². The summed E-state index contributed by atoms with van der Waals surface area (Å²) >= 11 is 0. The van der Waals surface area contributed by atoms with Crippen LogP contribution >= 0.6 is 0 Å². The minimum absolute atomic E-state index is 0.161. The molecule has 3 aromatic rings. The van der Waals surface area contributed by atoms with E-state index in [9.17, 15) is 10.2 Å². The quantitative estimate of drug-likeness (QED) is 0.617. The number of aliphatic hydroxyl groups is 1. The highest BCUT2D eigenvalue weighted by molar-refractivity contribution is 5.57. The average Bonchev–Trinajstić information content (AvgIpc) is 2.62. The third-order valence-electron chi connectivity index (χ3n) is 3.83. The van der Waals surface area contributed by atoms with Crippen LogP contribution in [0.25, 0.3) is 0 Å². The topological polar surface area (TPSA) is 52.5 Å². The van der Waals surface area contributed by atoms with E-state index in [-0.39, 0.29) is 11.8 Å². The minimum atomic E-state index is -0.738. The van der Waals surface area contributed by atoms with Crippen molar-refractivity contribution in [3.8, 4) is 5.75 Å². The number of anilines is 1. The van der Waals surface area contributed by atoms with Crippen molar-refractivity contribution in [3.63, 3.8) is 0 Å². The van der Waals surface area contributed by atoms with Crippen molar-refractivity contribution in [1.29, 1.82) is 0 Å². The van der Waals surface area contributed by atoms with E-state index >= 15 is 0 Å². The molecule has 0 saturated carbocycles. The van der Waals surface area contributed by atoms with Crippen molar-refractivity contribution in [2.24, 2.45) is 0 Å². The second kappa shape index (κ2) is 6.99. The second-order valence-electron chi connectivity index (χ2n) is 5.41. The van der Waals surface area contributed by atoms with E-state index in [0.29, 0.717) is 5.69 Å². The Morgan fingerprint density at radius 2 is 1.17 bits per heavy atom.